The molecule has 6 heteroatoms. The number of pyridine rings is 1. The van der Waals surface area contributed by atoms with Gasteiger partial charge in [-0.05, 0) is 12.1 Å². The molecule has 1 aromatic carbocycles. The van der Waals surface area contributed by atoms with Gasteiger partial charge in [-0.15, -0.1) is 0 Å². The number of benzene rings is 1. The van der Waals surface area contributed by atoms with Gasteiger partial charge in [0.1, 0.15) is 0 Å². The summed E-state index contributed by atoms with van der Waals surface area (Å²) in [5.74, 6) is -0.485. The van der Waals surface area contributed by atoms with Crippen molar-refractivity contribution in [2.45, 2.75) is 10.9 Å². The maximum atomic E-state index is 11.4. The van der Waals surface area contributed by atoms with Gasteiger partial charge in [-0.25, -0.2) is 9.78 Å². The molecule has 0 aliphatic carbocycles. The number of rotatable bonds is 4. The van der Waals surface area contributed by atoms with Crippen LogP contribution >= 0.6 is 11.8 Å². The summed E-state index contributed by atoms with van der Waals surface area (Å²) < 4.78 is 1.89. The third kappa shape index (κ3) is 2.75. The van der Waals surface area contributed by atoms with E-state index in [0.717, 1.165) is 16.1 Å². The van der Waals surface area contributed by atoms with Gasteiger partial charge in [-0.3, -0.25) is 4.98 Å². The molecule has 0 aliphatic heterocycles. The van der Waals surface area contributed by atoms with Gasteiger partial charge in [0.15, 0.2) is 5.16 Å². The number of nitrogens with zero attached hydrogens (tertiary/aromatic N) is 3. The lowest BCUT2D eigenvalue weighted by molar-refractivity contribution is 0.0695. The smallest absolute Gasteiger partial charge is 0.337 e. The molecule has 0 saturated heterocycles. The second-order valence-corrected chi connectivity index (χ2v) is 5.53. The van der Waals surface area contributed by atoms with E-state index in [-0.39, 0.29) is 5.56 Å². The van der Waals surface area contributed by atoms with Crippen molar-refractivity contribution >= 4 is 28.6 Å². The number of aromatic carboxylic acids is 1. The van der Waals surface area contributed by atoms with Crippen LogP contribution in [0.15, 0.2) is 47.9 Å². The second-order valence-electron chi connectivity index (χ2n) is 4.59. The summed E-state index contributed by atoms with van der Waals surface area (Å²) in [4.78, 5) is 20.1. The summed E-state index contributed by atoms with van der Waals surface area (Å²) >= 11 is 1.47. The van der Waals surface area contributed by atoms with E-state index in [4.69, 9.17) is 0 Å². The van der Waals surface area contributed by atoms with Crippen molar-refractivity contribution < 1.29 is 9.90 Å². The Bertz CT molecular complexity index is 814. The highest BCUT2D eigenvalue weighted by molar-refractivity contribution is 7.98. The maximum absolute atomic E-state index is 11.4. The van der Waals surface area contributed by atoms with Gasteiger partial charge >= 0.3 is 5.97 Å². The summed E-state index contributed by atoms with van der Waals surface area (Å²) in [7, 11) is 1.90. The van der Waals surface area contributed by atoms with E-state index in [0.29, 0.717) is 11.4 Å². The number of para-hydroxylation sites is 1. The molecule has 0 atom stereocenters. The third-order valence-corrected chi connectivity index (χ3v) is 4.22. The average Bonchev–Trinajstić information content (AvgIpc) is 2.89. The van der Waals surface area contributed by atoms with Gasteiger partial charge in [-0.1, -0.05) is 30.0 Å². The van der Waals surface area contributed by atoms with Crippen molar-refractivity contribution in [2.24, 2.45) is 7.05 Å². The number of carboxylic acid groups (broad SMARTS) is 1. The summed E-state index contributed by atoms with van der Waals surface area (Å²) in [5, 5.41) is 11.0. The van der Waals surface area contributed by atoms with Crippen LogP contribution in [-0.2, 0) is 12.8 Å². The van der Waals surface area contributed by atoms with E-state index in [9.17, 15) is 9.90 Å². The monoisotopic (exact) mass is 299 g/mol. The van der Waals surface area contributed by atoms with Crippen molar-refractivity contribution in [1.82, 2.24) is 14.5 Å². The Balaban J connectivity index is 1.97. The summed E-state index contributed by atoms with van der Waals surface area (Å²) in [6, 6.07) is 9.20. The molecule has 0 fully saturated rings. The van der Waals surface area contributed by atoms with Crippen molar-refractivity contribution in [2.75, 3.05) is 0 Å². The van der Waals surface area contributed by atoms with Gasteiger partial charge in [0, 0.05) is 30.6 Å². The minimum Gasteiger partial charge on any atom is -0.478 e. The fraction of sp³-hybridized carbons (Fsp3) is 0.133. The molecule has 1 N–H and O–H groups in total. The number of fused-ring (bicyclic) bond motifs is 1. The molecule has 106 valence electrons. The van der Waals surface area contributed by atoms with Crippen LogP contribution in [0.2, 0.25) is 0 Å². The van der Waals surface area contributed by atoms with Crippen molar-refractivity contribution in [3.8, 4) is 0 Å². The van der Waals surface area contributed by atoms with Crippen LogP contribution in [0, 0.1) is 0 Å². The van der Waals surface area contributed by atoms with E-state index >= 15 is 0 Å². The summed E-state index contributed by atoms with van der Waals surface area (Å²) in [6.07, 6.45) is 3.57. The molecule has 5 nitrogen and oxygen atoms in total. The molecule has 2 aromatic heterocycles. The van der Waals surface area contributed by atoms with Crippen LogP contribution in [-0.4, -0.2) is 25.6 Å². The highest BCUT2D eigenvalue weighted by Crippen LogP contribution is 2.24. The van der Waals surface area contributed by atoms with Crippen molar-refractivity contribution in [3.05, 3.63) is 54.0 Å². The van der Waals surface area contributed by atoms with Crippen LogP contribution in [0.25, 0.3) is 10.9 Å². The van der Waals surface area contributed by atoms with Crippen LogP contribution < -0.4 is 0 Å². The molecule has 21 heavy (non-hydrogen) atoms. The van der Waals surface area contributed by atoms with E-state index in [1.807, 2.05) is 42.1 Å². The first-order valence-corrected chi connectivity index (χ1v) is 7.36. The molecule has 0 radical (unpaired) electrons. The molecule has 2 heterocycles. The number of thioether (sulfide) groups is 1. The van der Waals surface area contributed by atoms with Gasteiger partial charge < -0.3 is 9.67 Å². The van der Waals surface area contributed by atoms with E-state index < -0.39 is 5.97 Å². The highest BCUT2D eigenvalue weighted by atomic mass is 32.2. The lowest BCUT2D eigenvalue weighted by Crippen LogP contribution is -2.05. The quantitative estimate of drug-likeness (QED) is 0.750. The maximum Gasteiger partial charge on any atom is 0.337 e. The van der Waals surface area contributed by atoms with Crippen LogP contribution in [0.1, 0.15) is 16.1 Å². The predicted octanol–water partition coefficient (Wildman–Crippen LogP) is 2.96. The molecule has 0 unspecified atom stereocenters. The number of hydrogen-bond acceptors (Lipinski definition) is 4. The minimum absolute atomic E-state index is 0.246. The molecule has 0 spiro atoms. The molecule has 0 amide bonds. The SMILES string of the molecule is Cn1ccnc1SCc1nc2ccccc2cc1C(=O)O. The van der Waals surface area contributed by atoms with Crippen LogP contribution in [0.3, 0.4) is 0 Å². The first-order valence-electron chi connectivity index (χ1n) is 6.37. The fourth-order valence-corrected chi connectivity index (χ4v) is 2.96. The topological polar surface area (TPSA) is 68.0 Å². The molecular weight excluding hydrogens is 286 g/mol. The largest absolute Gasteiger partial charge is 0.478 e. The number of carboxylic acids is 1. The molecule has 0 aliphatic rings. The van der Waals surface area contributed by atoms with E-state index in [1.54, 1.807) is 12.3 Å². The Morgan fingerprint density at radius 3 is 2.90 bits per heavy atom. The normalized spacial score (nSPS) is 10.9. The second kappa shape index (κ2) is 5.57. The lowest BCUT2D eigenvalue weighted by Gasteiger charge is -2.07. The lowest BCUT2D eigenvalue weighted by atomic mass is 10.1. The van der Waals surface area contributed by atoms with E-state index in [2.05, 4.69) is 9.97 Å². The highest BCUT2D eigenvalue weighted by Gasteiger charge is 2.14. The predicted molar refractivity (Wildman–Crippen MR) is 81.5 cm³/mol. The molecule has 3 aromatic rings. The Morgan fingerprint density at radius 2 is 2.19 bits per heavy atom. The zero-order chi connectivity index (χ0) is 14.8. The molecular formula is C15H13N3O2S. The minimum atomic E-state index is -0.955. The number of hydrogen-bond donors (Lipinski definition) is 1. The number of carbonyl (C=O) groups is 1. The number of aryl methyl sites for hydroxylation is 1. The van der Waals surface area contributed by atoms with Gasteiger partial charge in [-0.2, -0.15) is 0 Å². The fourth-order valence-electron chi connectivity index (χ4n) is 2.07. The first-order chi connectivity index (χ1) is 10.1. The number of aromatic nitrogens is 3. The van der Waals surface area contributed by atoms with Crippen molar-refractivity contribution in [1.29, 1.82) is 0 Å². The van der Waals surface area contributed by atoms with Gasteiger partial charge in [0.25, 0.3) is 0 Å². The standard InChI is InChI=1S/C15H13N3O2S/c1-18-7-6-16-15(18)21-9-13-11(14(19)20)8-10-4-2-3-5-12(10)17-13/h2-8H,9H2,1H3,(H,19,20). The van der Waals surface area contributed by atoms with Gasteiger partial charge in [0.05, 0.1) is 16.8 Å². The summed E-state index contributed by atoms with van der Waals surface area (Å²) in [5.41, 5.74) is 1.61. The Hall–Kier alpha value is -2.34. The average molecular weight is 299 g/mol. The first kappa shape index (κ1) is 13.6. The van der Waals surface area contributed by atoms with Crippen LogP contribution in [0.4, 0.5) is 0 Å². The molecule has 3 rings (SSSR count). The third-order valence-electron chi connectivity index (χ3n) is 3.15. The van der Waals surface area contributed by atoms with E-state index in [1.165, 1.54) is 11.8 Å². The zero-order valence-corrected chi connectivity index (χ0v) is 12.2. The number of imidazole rings is 1. The Labute approximate surface area is 125 Å². The van der Waals surface area contributed by atoms with Crippen molar-refractivity contribution in [3.63, 3.8) is 0 Å². The Morgan fingerprint density at radius 1 is 1.38 bits per heavy atom. The molecule has 0 bridgehead atoms. The summed E-state index contributed by atoms with van der Waals surface area (Å²) in [6.45, 7) is 0. The molecule has 0 saturated carbocycles. The van der Waals surface area contributed by atoms with Crippen LogP contribution in [0.5, 0.6) is 0 Å². The zero-order valence-electron chi connectivity index (χ0n) is 11.4. The Kier molecular flexibility index (Phi) is 3.62. The van der Waals surface area contributed by atoms with Gasteiger partial charge in [0.2, 0.25) is 0 Å².